The summed E-state index contributed by atoms with van der Waals surface area (Å²) in [7, 11) is 0. The van der Waals surface area contributed by atoms with Gasteiger partial charge in [-0.25, -0.2) is 9.67 Å². The van der Waals surface area contributed by atoms with Crippen molar-refractivity contribution < 1.29 is 5.11 Å². The fraction of sp³-hybridized carbons (Fsp3) is 0.529. The van der Waals surface area contributed by atoms with Crippen molar-refractivity contribution in [1.82, 2.24) is 20.1 Å². The average molecular weight is 300 g/mol. The van der Waals surface area contributed by atoms with E-state index in [1.165, 1.54) is 5.56 Å². The summed E-state index contributed by atoms with van der Waals surface area (Å²) in [6.07, 6.45) is 3.12. The topological polar surface area (TPSA) is 63.0 Å². The van der Waals surface area contributed by atoms with Crippen molar-refractivity contribution in [3.8, 4) is 0 Å². The third-order valence-corrected chi connectivity index (χ3v) is 4.39. The minimum atomic E-state index is -0.474. The van der Waals surface area contributed by atoms with E-state index in [4.69, 9.17) is 0 Å². The summed E-state index contributed by atoms with van der Waals surface area (Å²) < 4.78 is 1.95. The molecular formula is C17H24N4O. The molecule has 0 aliphatic carbocycles. The fourth-order valence-corrected chi connectivity index (χ4v) is 2.90. The van der Waals surface area contributed by atoms with Crippen LogP contribution in [0.1, 0.15) is 49.2 Å². The van der Waals surface area contributed by atoms with Crippen molar-refractivity contribution in [3.05, 3.63) is 47.5 Å². The monoisotopic (exact) mass is 300 g/mol. The lowest BCUT2D eigenvalue weighted by Crippen LogP contribution is -2.39. The number of hydrogen-bond acceptors (Lipinski definition) is 4. The van der Waals surface area contributed by atoms with Crippen LogP contribution in [-0.2, 0) is 13.0 Å². The van der Waals surface area contributed by atoms with Gasteiger partial charge < -0.3 is 10.4 Å². The number of rotatable bonds is 5. The normalized spacial score (nSPS) is 19.2. The highest BCUT2D eigenvalue weighted by Crippen LogP contribution is 2.19. The van der Waals surface area contributed by atoms with Gasteiger partial charge in [-0.05, 0) is 23.5 Å². The Kier molecular flexibility index (Phi) is 4.55. The van der Waals surface area contributed by atoms with Crippen molar-refractivity contribution in [3.63, 3.8) is 0 Å². The summed E-state index contributed by atoms with van der Waals surface area (Å²) in [5, 5.41) is 18.0. The van der Waals surface area contributed by atoms with Gasteiger partial charge in [-0.15, -0.1) is 0 Å². The Morgan fingerprint density at radius 2 is 2.00 bits per heavy atom. The fourth-order valence-electron chi connectivity index (χ4n) is 2.90. The number of aromatic nitrogens is 3. The minimum absolute atomic E-state index is 0.346. The lowest BCUT2D eigenvalue weighted by Gasteiger charge is -2.25. The number of fused-ring (bicyclic) bond motifs is 1. The summed E-state index contributed by atoms with van der Waals surface area (Å²) >= 11 is 0. The largest absolute Gasteiger partial charge is 0.387 e. The quantitative estimate of drug-likeness (QED) is 0.887. The first-order valence-electron chi connectivity index (χ1n) is 8.01. The molecule has 1 aliphatic rings. The molecule has 1 aromatic carbocycles. The molecule has 0 saturated carbocycles. The Labute approximate surface area is 131 Å². The predicted octanol–water partition coefficient (Wildman–Crippen LogP) is 2.04. The molecule has 2 atom stereocenters. The van der Waals surface area contributed by atoms with Gasteiger partial charge in [0.1, 0.15) is 12.2 Å². The van der Waals surface area contributed by atoms with E-state index in [1.807, 2.05) is 16.8 Å². The molecule has 5 nitrogen and oxygen atoms in total. The number of benzene rings is 1. The van der Waals surface area contributed by atoms with Gasteiger partial charge in [0.15, 0.2) is 0 Å². The highest BCUT2D eigenvalue weighted by molar-refractivity contribution is 5.26. The van der Waals surface area contributed by atoms with E-state index in [-0.39, 0.29) is 0 Å². The Bertz CT molecular complexity index is 605. The van der Waals surface area contributed by atoms with E-state index >= 15 is 0 Å². The predicted molar refractivity (Wildman–Crippen MR) is 85.6 cm³/mol. The summed E-state index contributed by atoms with van der Waals surface area (Å²) in [6, 6.07) is 8.60. The summed E-state index contributed by atoms with van der Waals surface area (Å²) in [4.78, 5) is 4.23. The van der Waals surface area contributed by atoms with Crippen LogP contribution in [0.25, 0.3) is 0 Å². The van der Waals surface area contributed by atoms with Crippen LogP contribution in [0.3, 0.4) is 0 Å². The Morgan fingerprint density at radius 3 is 2.73 bits per heavy atom. The number of nitrogens with one attached hydrogen (secondary N) is 1. The summed E-state index contributed by atoms with van der Waals surface area (Å²) in [6.45, 7) is 5.74. The van der Waals surface area contributed by atoms with Crippen LogP contribution in [0.15, 0.2) is 30.6 Å². The molecule has 1 aromatic heterocycles. The third kappa shape index (κ3) is 3.36. The van der Waals surface area contributed by atoms with Crippen molar-refractivity contribution in [2.75, 3.05) is 6.54 Å². The Hall–Kier alpha value is -1.72. The molecule has 0 fully saturated rings. The number of hydrogen-bond donors (Lipinski definition) is 2. The standard InChI is InChI=1S/C17H24N4O/c1-12(2)13-3-5-14(6-4-13)16(22)9-18-15-7-8-17-19-11-20-21(17)10-15/h3-6,11-12,15-16,18,22H,7-10H2,1-2H3. The first kappa shape index (κ1) is 15.2. The molecule has 0 saturated heterocycles. The molecule has 0 bridgehead atoms. The second-order valence-electron chi connectivity index (χ2n) is 6.34. The highest BCUT2D eigenvalue weighted by atomic mass is 16.3. The smallest absolute Gasteiger partial charge is 0.138 e. The van der Waals surface area contributed by atoms with Gasteiger partial charge in [0, 0.05) is 19.0 Å². The minimum Gasteiger partial charge on any atom is -0.387 e. The number of nitrogens with zero attached hydrogens (tertiary/aromatic N) is 3. The molecule has 5 heteroatoms. The second-order valence-corrected chi connectivity index (χ2v) is 6.34. The van der Waals surface area contributed by atoms with Crippen LogP contribution in [0, 0.1) is 0 Å². The molecule has 2 N–H and O–H groups in total. The molecule has 0 amide bonds. The maximum absolute atomic E-state index is 10.3. The second kappa shape index (κ2) is 6.58. The van der Waals surface area contributed by atoms with Gasteiger partial charge in [-0.1, -0.05) is 38.1 Å². The molecule has 2 heterocycles. The zero-order valence-electron chi connectivity index (χ0n) is 13.2. The molecule has 118 valence electrons. The van der Waals surface area contributed by atoms with Crippen LogP contribution in [0.5, 0.6) is 0 Å². The van der Waals surface area contributed by atoms with Crippen molar-refractivity contribution >= 4 is 0 Å². The van der Waals surface area contributed by atoms with E-state index in [2.05, 4.69) is 41.4 Å². The lowest BCUT2D eigenvalue weighted by atomic mass is 10.00. The zero-order valence-corrected chi connectivity index (χ0v) is 13.2. The van der Waals surface area contributed by atoms with E-state index < -0.39 is 6.10 Å². The SMILES string of the molecule is CC(C)c1ccc(C(O)CNC2CCc3ncnn3C2)cc1. The number of aliphatic hydroxyl groups excluding tert-OH is 1. The van der Waals surface area contributed by atoms with Crippen LogP contribution in [-0.4, -0.2) is 32.5 Å². The molecule has 0 spiro atoms. The van der Waals surface area contributed by atoms with E-state index in [0.29, 0.717) is 18.5 Å². The average Bonchev–Trinajstić information content (AvgIpc) is 3.00. The maximum atomic E-state index is 10.3. The van der Waals surface area contributed by atoms with E-state index in [9.17, 15) is 5.11 Å². The molecule has 2 unspecified atom stereocenters. The molecular weight excluding hydrogens is 276 g/mol. The van der Waals surface area contributed by atoms with Crippen LogP contribution < -0.4 is 5.32 Å². The first-order chi connectivity index (χ1) is 10.6. The maximum Gasteiger partial charge on any atom is 0.138 e. The Balaban J connectivity index is 1.53. The van der Waals surface area contributed by atoms with Gasteiger partial charge in [0.2, 0.25) is 0 Å². The molecule has 3 rings (SSSR count). The molecule has 22 heavy (non-hydrogen) atoms. The lowest BCUT2D eigenvalue weighted by molar-refractivity contribution is 0.165. The molecule has 2 aromatic rings. The van der Waals surface area contributed by atoms with E-state index in [1.54, 1.807) is 6.33 Å². The highest BCUT2D eigenvalue weighted by Gasteiger charge is 2.20. The van der Waals surface area contributed by atoms with Crippen molar-refractivity contribution in [2.45, 2.75) is 51.3 Å². The van der Waals surface area contributed by atoms with Gasteiger partial charge >= 0.3 is 0 Å². The first-order valence-corrected chi connectivity index (χ1v) is 8.01. The van der Waals surface area contributed by atoms with Crippen LogP contribution in [0.4, 0.5) is 0 Å². The van der Waals surface area contributed by atoms with Crippen LogP contribution in [0.2, 0.25) is 0 Å². The van der Waals surface area contributed by atoms with E-state index in [0.717, 1.165) is 30.8 Å². The zero-order chi connectivity index (χ0) is 15.5. The van der Waals surface area contributed by atoms with Crippen molar-refractivity contribution in [2.24, 2.45) is 0 Å². The molecule has 0 radical (unpaired) electrons. The summed E-state index contributed by atoms with van der Waals surface area (Å²) in [5.41, 5.74) is 2.27. The summed E-state index contributed by atoms with van der Waals surface area (Å²) in [5.74, 6) is 1.58. The van der Waals surface area contributed by atoms with Gasteiger partial charge in [0.25, 0.3) is 0 Å². The van der Waals surface area contributed by atoms with Crippen LogP contribution >= 0.6 is 0 Å². The van der Waals surface area contributed by atoms with Crippen molar-refractivity contribution in [1.29, 1.82) is 0 Å². The van der Waals surface area contributed by atoms with Gasteiger partial charge in [-0.3, -0.25) is 0 Å². The number of aliphatic hydroxyl groups is 1. The number of aryl methyl sites for hydroxylation is 1. The third-order valence-electron chi connectivity index (χ3n) is 4.39. The Morgan fingerprint density at radius 1 is 1.27 bits per heavy atom. The molecule has 1 aliphatic heterocycles. The van der Waals surface area contributed by atoms with Gasteiger partial charge in [-0.2, -0.15) is 5.10 Å². The van der Waals surface area contributed by atoms with Gasteiger partial charge in [0.05, 0.1) is 12.6 Å².